The number of hydrogen-bond donors (Lipinski definition) is 0. The Hall–Kier alpha value is -2.57. The summed E-state index contributed by atoms with van der Waals surface area (Å²) in [6.07, 6.45) is 7.11. The molecule has 7 nitrogen and oxygen atoms in total. The lowest BCUT2D eigenvalue weighted by atomic mass is 9.78. The van der Waals surface area contributed by atoms with Crippen LogP contribution in [0.4, 0.5) is 0 Å². The highest BCUT2D eigenvalue weighted by Gasteiger charge is 2.36. The summed E-state index contributed by atoms with van der Waals surface area (Å²) in [5, 5.41) is 4.54. The summed E-state index contributed by atoms with van der Waals surface area (Å²) < 4.78 is 5.00. The van der Waals surface area contributed by atoms with Crippen molar-refractivity contribution in [2.75, 3.05) is 6.54 Å². The molecule has 1 saturated carbocycles. The van der Waals surface area contributed by atoms with E-state index in [1.165, 1.54) is 30.4 Å². The van der Waals surface area contributed by atoms with Crippen molar-refractivity contribution in [2.45, 2.75) is 64.6 Å². The number of nitrogens with zero attached hydrogens (tertiary/aromatic N) is 5. The average Bonchev–Trinajstić information content (AvgIpc) is 3.21. The molecule has 1 saturated heterocycles. The molecular weight excluding hydrogens is 354 g/mol. The second-order valence-corrected chi connectivity index (χ2v) is 8.15. The Kier molecular flexibility index (Phi) is 4.25. The summed E-state index contributed by atoms with van der Waals surface area (Å²) in [7, 11) is 0. The van der Waals surface area contributed by atoms with Crippen molar-refractivity contribution >= 4 is 22.7 Å². The molecule has 1 aromatic carbocycles. The zero-order valence-corrected chi connectivity index (χ0v) is 16.4. The summed E-state index contributed by atoms with van der Waals surface area (Å²) >= 11 is 0. The van der Waals surface area contributed by atoms with Gasteiger partial charge in [0.15, 0.2) is 0 Å². The van der Waals surface area contributed by atoms with Gasteiger partial charge in [-0.1, -0.05) is 25.0 Å². The van der Waals surface area contributed by atoms with Crippen LogP contribution in [0, 0.1) is 5.92 Å². The van der Waals surface area contributed by atoms with Crippen LogP contribution in [0.1, 0.15) is 45.4 Å². The zero-order chi connectivity index (χ0) is 19.3. The number of carbonyl (C=O) groups is 1. The van der Waals surface area contributed by atoms with E-state index in [2.05, 4.69) is 5.10 Å². The molecule has 3 aromatic rings. The highest BCUT2D eigenvalue weighted by atomic mass is 16.2. The van der Waals surface area contributed by atoms with Gasteiger partial charge in [0.25, 0.3) is 0 Å². The lowest BCUT2D eigenvalue weighted by Crippen LogP contribution is -2.51. The maximum Gasteiger partial charge on any atom is 0.352 e. The summed E-state index contributed by atoms with van der Waals surface area (Å²) in [6.45, 7) is 3.60. The van der Waals surface area contributed by atoms with Crippen molar-refractivity contribution in [1.82, 2.24) is 23.6 Å². The number of fused-ring (bicyclic) bond motifs is 4. The molecule has 0 bridgehead atoms. The fourth-order valence-electron chi connectivity index (χ4n) is 5.34. The molecular formula is C21H27N5O2. The number of aryl methyl sites for hydroxylation is 1. The molecule has 2 atom stereocenters. The first kappa shape index (κ1) is 17.5. The topological polar surface area (TPSA) is 64.5 Å². The van der Waals surface area contributed by atoms with Crippen LogP contribution < -0.4 is 5.69 Å². The fraction of sp³-hybridized carbons (Fsp3) is 0.571. The third kappa shape index (κ3) is 2.59. The quantitative estimate of drug-likeness (QED) is 0.701. The highest BCUT2D eigenvalue weighted by Crippen LogP contribution is 2.35. The van der Waals surface area contributed by atoms with Crippen molar-refractivity contribution in [1.29, 1.82) is 0 Å². The van der Waals surface area contributed by atoms with Crippen LogP contribution in [0.15, 0.2) is 29.1 Å². The van der Waals surface area contributed by atoms with Crippen LogP contribution in [0.2, 0.25) is 0 Å². The Morgan fingerprint density at radius 1 is 1.11 bits per heavy atom. The van der Waals surface area contributed by atoms with Gasteiger partial charge in [-0.25, -0.2) is 13.9 Å². The largest absolute Gasteiger partial charge is 0.352 e. The monoisotopic (exact) mass is 381 g/mol. The van der Waals surface area contributed by atoms with Crippen LogP contribution in [-0.2, 0) is 17.9 Å². The zero-order valence-electron chi connectivity index (χ0n) is 16.4. The van der Waals surface area contributed by atoms with Gasteiger partial charge < -0.3 is 9.47 Å². The number of aromatic nitrogens is 4. The number of imidazole rings is 1. The highest BCUT2D eigenvalue weighted by molar-refractivity contribution is 5.81. The van der Waals surface area contributed by atoms with Crippen molar-refractivity contribution < 1.29 is 4.79 Å². The second-order valence-electron chi connectivity index (χ2n) is 8.15. The average molecular weight is 381 g/mol. The number of rotatable bonds is 3. The first-order valence-corrected chi connectivity index (χ1v) is 10.6. The van der Waals surface area contributed by atoms with E-state index in [0.717, 1.165) is 37.0 Å². The Labute approximate surface area is 163 Å². The normalized spacial score (nSPS) is 22.7. The molecule has 2 aliphatic rings. The molecule has 0 unspecified atom stereocenters. The second kappa shape index (κ2) is 6.79. The predicted octanol–water partition coefficient (Wildman–Crippen LogP) is 2.65. The molecule has 7 heteroatoms. The third-order valence-electron chi connectivity index (χ3n) is 6.64. The van der Waals surface area contributed by atoms with Crippen molar-refractivity contribution in [3.05, 3.63) is 34.7 Å². The van der Waals surface area contributed by atoms with Gasteiger partial charge in [0.1, 0.15) is 6.54 Å². The van der Waals surface area contributed by atoms with Crippen LogP contribution in [0.25, 0.3) is 16.8 Å². The van der Waals surface area contributed by atoms with Crippen LogP contribution in [-0.4, -0.2) is 42.1 Å². The fourth-order valence-corrected chi connectivity index (χ4v) is 5.34. The van der Waals surface area contributed by atoms with Gasteiger partial charge in [-0.15, -0.1) is 5.10 Å². The van der Waals surface area contributed by atoms with Crippen molar-refractivity contribution in [3.63, 3.8) is 0 Å². The molecule has 5 rings (SSSR count). The van der Waals surface area contributed by atoms with Gasteiger partial charge in [0.05, 0.1) is 11.0 Å². The van der Waals surface area contributed by atoms with Gasteiger partial charge in [-0.3, -0.25) is 4.79 Å². The molecule has 1 aliphatic heterocycles. The standard InChI is InChI=1S/C21H27N5O2/c1-2-23-17-11-5-6-12-18(17)26-20(23)22-25(21(26)28)14-19(27)24-13-7-9-15-8-3-4-10-16(15)24/h5-6,11-12,15-16H,2-4,7-10,13-14H2,1H3/t15-,16+/m1/s1. The van der Waals surface area contributed by atoms with Crippen molar-refractivity contribution in [3.8, 4) is 0 Å². The van der Waals surface area contributed by atoms with Gasteiger partial charge in [-0.2, -0.15) is 0 Å². The molecule has 28 heavy (non-hydrogen) atoms. The Morgan fingerprint density at radius 2 is 1.86 bits per heavy atom. The number of hydrogen-bond acceptors (Lipinski definition) is 3. The minimum absolute atomic E-state index is 0.0295. The minimum atomic E-state index is -0.232. The Balaban J connectivity index is 1.49. The van der Waals surface area contributed by atoms with Crippen LogP contribution in [0.3, 0.4) is 0 Å². The molecule has 2 aromatic heterocycles. The van der Waals surface area contributed by atoms with E-state index in [4.69, 9.17) is 0 Å². The summed E-state index contributed by atoms with van der Waals surface area (Å²) in [5.41, 5.74) is 1.60. The smallest absolute Gasteiger partial charge is 0.338 e. The summed E-state index contributed by atoms with van der Waals surface area (Å²) in [4.78, 5) is 28.2. The maximum absolute atomic E-state index is 13.1. The SMILES string of the molecule is CCn1c2ccccc2n2c(=O)n(CC(=O)N3CCC[C@H]4CCCC[C@@H]43)nc12. The molecule has 3 heterocycles. The number of para-hydroxylation sites is 2. The Bertz CT molecular complexity index is 1090. The molecule has 1 aliphatic carbocycles. The third-order valence-corrected chi connectivity index (χ3v) is 6.64. The van der Waals surface area contributed by atoms with E-state index in [1.54, 1.807) is 4.40 Å². The summed E-state index contributed by atoms with van der Waals surface area (Å²) in [6, 6.07) is 8.18. The minimum Gasteiger partial charge on any atom is -0.338 e. The van der Waals surface area contributed by atoms with Gasteiger partial charge in [0, 0.05) is 19.1 Å². The van der Waals surface area contributed by atoms with Crippen molar-refractivity contribution in [2.24, 2.45) is 5.92 Å². The van der Waals surface area contributed by atoms with Crippen LogP contribution in [0.5, 0.6) is 0 Å². The van der Waals surface area contributed by atoms with E-state index < -0.39 is 0 Å². The number of benzene rings is 1. The van der Waals surface area contributed by atoms with E-state index >= 15 is 0 Å². The lowest BCUT2D eigenvalue weighted by Gasteiger charge is -2.44. The molecule has 0 radical (unpaired) electrons. The maximum atomic E-state index is 13.1. The summed E-state index contributed by atoms with van der Waals surface area (Å²) in [5.74, 6) is 1.28. The van der Waals surface area contributed by atoms with Gasteiger partial charge in [-0.05, 0) is 50.7 Å². The van der Waals surface area contributed by atoms with E-state index in [9.17, 15) is 9.59 Å². The van der Waals surface area contributed by atoms with E-state index in [-0.39, 0.29) is 18.1 Å². The molecule has 0 spiro atoms. The number of carbonyl (C=O) groups excluding carboxylic acids is 1. The number of amides is 1. The number of likely N-dealkylation sites (tertiary alicyclic amines) is 1. The molecule has 0 N–H and O–H groups in total. The van der Waals surface area contributed by atoms with Gasteiger partial charge >= 0.3 is 5.69 Å². The molecule has 148 valence electrons. The Morgan fingerprint density at radius 3 is 2.68 bits per heavy atom. The lowest BCUT2D eigenvalue weighted by molar-refractivity contribution is -0.138. The van der Waals surface area contributed by atoms with Gasteiger partial charge in [0.2, 0.25) is 11.7 Å². The molecule has 2 fully saturated rings. The first-order chi connectivity index (χ1) is 13.7. The predicted molar refractivity (Wildman–Crippen MR) is 107 cm³/mol. The van der Waals surface area contributed by atoms with Crippen LogP contribution >= 0.6 is 0 Å². The van der Waals surface area contributed by atoms with E-state index in [1.807, 2.05) is 40.7 Å². The number of piperidine rings is 1. The van der Waals surface area contributed by atoms with E-state index in [0.29, 0.717) is 17.7 Å². The molecule has 1 amide bonds. The first-order valence-electron chi connectivity index (χ1n) is 10.6.